The first-order valence-electron chi connectivity index (χ1n) is 5.37. The summed E-state index contributed by atoms with van der Waals surface area (Å²) in [5.41, 5.74) is 0.374. The molecule has 1 rings (SSSR count). The van der Waals surface area contributed by atoms with Gasteiger partial charge in [0.1, 0.15) is 5.82 Å². The van der Waals surface area contributed by atoms with Gasteiger partial charge in [-0.2, -0.15) is 11.8 Å². The molecule has 1 aromatic heterocycles. The van der Waals surface area contributed by atoms with E-state index >= 15 is 0 Å². The molecule has 1 unspecified atom stereocenters. The first-order valence-corrected chi connectivity index (χ1v) is 6.77. The van der Waals surface area contributed by atoms with Crippen molar-refractivity contribution in [3.05, 3.63) is 17.8 Å². The van der Waals surface area contributed by atoms with Crippen molar-refractivity contribution in [2.75, 3.05) is 31.4 Å². The van der Waals surface area contributed by atoms with Crippen LogP contribution in [-0.4, -0.2) is 53.2 Å². The van der Waals surface area contributed by atoms with Crippen molar-refractivity contribution in [3.63, 3.8) is 0 Å². The first-order chi connectivity index (χ1) is 8.10. The van der Waals surface area contributed by atoms with E-state index in [4.69, 9.17) is 0 Å². The van der Waals surface area contributed by atoms with Gasteiger partial charge in [0.2, 0.25) is 0 Å². The maximum absolute atomic E-state index is 12.1. The summed E-state index contributed by atoms with van der Waals surface area (Å²) in [6, 6.07) is 3.61. The zero-order valence-electron chi connectivity index (χ0n) is 10.6. The van der Waals surface area contributed by atoms with Gasteiger partial charge in [-0.15, -0.1) is 10.2 Å². The first kappa shape index (κ1) is 13.8. The lowest BCUT2D eigenvalue weighted by atomic mass is 10.3. The van der Waals surface area contributed by atoms with Gasteiger partial charge >= 0.3 is 0 Å². The largest absolute Gasteiger partial charge is 0.372 e. The van der Waals surface area contributed by atoms with Gasteiger partial charge in [0, 0.05) is 25.9 Å². The Morgan fingerprint density at radius 1 is 1.53 bits per heavy atom. The van der Waals surface area contributed by atoms with E-state index in [0.29, 0.717) is 11.5 Å². The van der Waals surface area contributed by atoms with Crippen LogP contribution in [-0.2, 0) is 0 Å². The Hall–Kier alpha value is -1.30. The number of hydrogen-bond acceptors (Lipinski definition) is 5. The molecule has 0 fully saturated rings. The third-order valence-corrected chi connectivity index (χ3v) is 3.34. The van der Waals surface area contributed by atoms with E-state index in [2.05, 4.69) is 15.5 Å². The van der Waals surface area contributed by atoms with E-state index < -0.39 is 0 Å². The lowest BCUT2D eigenvalue weighted by molar-refractivity contribution is 0.0750. The molecular formula is C11H18N4OS. The molecule has 1 amide bonds. The molecule has 1 atom stereocenters. The highest BCUT2D eigenvalue weighted by atomic mass is 32.2. The minimum atomic E-state index is -0.0956. The Bertz CT molecular complexity index is 368. The molecule has 0 aliphatic rings. The standard InChI is InChI=1S/C11H18N4OS/c1-8(7-17-4)15(3)11(16)9-5-6-10(12-2)14-13-9/h5-6,8H,7H2,1-4H3,(H,12,14). The summed E-state index contributed by atoms with van der Waals surface area (Å²) in [5.74, 6) is 1.47. The van der Waals surface area contributed by atoms with Gasteiger partial charge in [-0.05, 0) is 25.3 Å². The molecule has 0 aromatic carbocycles. The lowest BCUT2D eigenvalue weighted by Gasteiger charge is -2.23. The van der Waals surface area contributed by atoms with E-state index in [1.54, 1.807) is 42.9 Å². The number of carbonyl (C=O) groups excluding carboxylic acids is 1. The average molecular weight is 254 g/mol. The number of thioether (sulfide) groups is 1. The van der Waals surface area contributed by atoms with Crippen molar-refractivity contribution >= 4 is 23.5 Å². The van der Waals surface area contributed by atoms with Crippen LogP contribution in [0.15, 0.2) is 12.1 Å². The summed E-state index contributed by atoms with van der Waals surface area (Å²) in [6.45, 7) is 2.02. The van der Waals surface area contributed by atoms with Crippen LogP contribution in [0.25, 0.3) is 0 Å². The monoisotopic (exact) mass is 254 g/mol. The van der Waals surface area contributed by atoms with E-state index in [-0.39, 0.29) is 11.9 Å². The Labute approximate surface area is 106 Å². The molecule has 1 heterocycles. The van der Waals surface area contributed by atoms with Crippen molar-refractivity contribution in [3.8, 4) is 0 Å². The molecule has 6 heteroatoms. The summed E-state index contributed by atoms with van der Waals surface area (Å²) in [7, 11) is 3.55. The normalized spacial score (nSPS) is 12.0. The number of anilines is 1. The second-order valence-electron chi connectivity index (χ2n) is 3.77. The fraction of sp³-hybridized carbons (Fsp3) is 0.545. The van der Waals surface area contributed by atoms with Crippen molar-refractivity contribution in [1.82, 2.24) is 15.1 Å². The Morgan fingerprint density at radius 3 is 2.71 bits per heavy atom. The van der Waals surface area contributed by atoms with Crippen LogP contribution in [0.3, 0.4) is 0 Å². The highest BCUT2D eigenvalue weighted by Gasteiger charge is 2.18. The maximum Gasteiger partial charge on any atom is 0.274 e. The summed E-state index contributed by atoms with van der Waals surface area (Å²) in [4.78, 5) is 13.7. The van der Waals surface area contributed by atoms with Crippen molar-refractivity contribution in [2.24, 2.45) is 0 Å². The maximum atomic E-state index is 12.1. The van der Waals surface area contributed by atoms with Gasteiger partial charge in [-0.1, -0.05) is 0 Å². The fourth-order valence-electron chi connectivity index (χ4n) is 1.31. The minimum Gasteiger partial charge on any atom is -0.372 e. The molecule has 0 radical (unpaired) electrons. The van der Waals surface area contributed by atoms with Gasteiger partial charge in [0.15, 0.2) is 5.69 Å². The predicted molar refractivity (Wildman–Crippen MR) is 71.5 cm³/mol. The average Bonchev–Trinajstić information content (AvgIpc) is 2.37. The summed E-state index contributed by atoms with van der Waals surface area (Å²) >= 11 is 1.72. The molecule has 1 N–H and O–H groups in total. The van der Waals surface area contributed by atoms with Crippen molar-refractivity contribution in [1.29, 1.82) is 0 Å². The van der Waals surface area contributed by atoms with Gasteiger partial charge in [0.25, 0.3) is 5.91 Å². The number of amides is 1. The number of nitrogens with zero attached hydrogens (tertiary/aromatic N) is 3. The van der Waals surface area contributed by atoms with E-state index in [9.17, 15) is 4.79 Å². The molecule has 94 valence electrons. The summed E-state index contributed by atoms with van der Waals surface area (Å²) < 4.78 is 0. The van der Waals surface area contributed by atoms with E-state index in [1.807, 2.05) is 13.2 Å². The summed E-state index contributed by atoms with van der Waals surface area (Å²) in [5, 5.41) is 10.7. The van der Waals surface area contributed by atoms with Crippen LogP contribution in [0, 0.1) is 0 Å². The molecule has 5 nitrogen and oxygen atoms in total. The van der Waals surface area contributed by atoms with Crippen LogP contribution >= 0.6 is 11.8 Å². The van der Waals surface area contributed by atoms with Gasteiger partial charge in [-0.25, -0.2) is 0 Å². The predicted octanol–water partition coefficient (Wildman–Crippen LogP) is 1.34. The second kappa shape index (κ2) is 6.44. The summed E-state index contributed by atoms with van der Waals surface area (Å²) in [6.07, 6.45) is 2.02. The number of nitrogens with one attached hydrogen (secondary N) is 1. The van der Waals surface area contributed by atoms with Gasteiger partial charge < -0.3 is 10.2 Å². The molecule has 1 aromatic rings. The molecule has 0 spiro atoms. The smallest absolute Gasteiger partial charge is 0.274 e. The topological polar surface area (TPSA) is 58.1 Å². The van der Waals surface area contributed by atoms with Crippen LogP contribution < -0.4 is 5.32 Å². The van der Waals surface area contributed by atoms with Crippen molar-refractivity contribution < 1.29 is 4.79 Å². The Balaban J connectivity index is 2.74. The van der Waals surface area contributed by atoms with Crippen LogP contribution in [0.4, 0.5) is 5.82 Å². The number of rotatable bonds is 5. The number of hydrogen-bond donors (Lipinski definition) is 1. The highest BCUT2D eigenvalue weighted by Crippen LogP contribution is 2.08. The third-order valence-electron chi connectivity index (χ3n) is 2.53. The molecule has 0 bridgehead atoms. The zero-order valence-corrected chi connectivity index (χ0v) is 11.4. The van der Waals surface area contributed by atoms with E-state index in [0.717, 1.165) is 5.75 Å². The van der Waals surface area contributed by atoms with E-state index in [1.165, 1.54) is 0 Å². The third kappa shape index (κ3) is 3.59. The zero-order chi connectivity index (χ0) is 12.8. The number of aromatic nitrogens is 2. The quantitative estimate of drug-likeness (QED) is 0.859. The van der Waals surface area contributed by atoms with Crippen LogP contribution in [0.1, 0.15) is 17.4 Å². The molecular weight excluding hydrogens is 236 g/mol. The molecule has 0 saturated carbocycles. The number of carbonyl (C=O) groups is 1. The lowest BCUT2D eigenvalue weighted by Crippen LogP contribution is -2.37. The Morgan fingerprint density at radius 2 is 2.24 bits per heavy atom. The molecule has 0 aliphatic carbocycles. The van der Waals surface area contributed by atoms with Gasteiger partial charge in [-0.3, -0.25) is 4.79 Å². The highest BCUT2D eigenvalue weighted by molar-refractivity contribution is 7.98. The SMILES string of the molecule is CNc1ccc(C(=O)N(C)C(C)CSC)nn1. The van der Waals surface area contributed by atoms with Crippen LogP contribution in [0.2, 0.25) is 0 Å². The fourth-order valence-corrected chi connectivity index (χ4v) is 2.02. The van der Waals surface area contributed by atoms with Crippen molar-refractivity contribution in [2.45, 2.75) is 13.0 Å². The molecule has 0 saturated heterocycles. The van der Waals surface area contributed by atoms with Gasteiger partial charge in [0.05, 0.1) is 0 Å². The Kier molecular flexibility index (Phi) is 5.21. The molecule has 17 heavy (non-hydrogen) atoms. The van der Waals surface area contributed by atoms with Crippen LogP contribution in [0.5, 0.6) is 0 Å². The minimum absolute atomic E-state index is 0.0956. The molecule has 0 aliphatic heterocycles. The second-order valence-corrected chi connectivity index (χ2v) is 4.68.